The number of pyridine rings is 1. The van der Waals surface area contributed by atoms with Gasteiger partial charge in [-0.25, -0.2) is 0 Å². The maximum Gasteiger partial charge on any atom is 0.305 e. The van der Waals surface area contributed by atoms with Crippen molar-refractivity contribution in [3.8, 4) is 0 Å². The number of hydrogen-bond acceptors (Lipinski definition) is 4. The molecular weight excluding hydrogens is 244 g/mol. The molecule has 1 rings (SSSR count). The van der Waals surface area contributed by atoms with Gasteiger partial charge >= 0.3 is 5.97 Å². The summed E-state index contributed by atoms with van der Waals surface area (Å²) in [6, 6.07) is 3.68. The van der Waals surface area contributed by atoms with Crippen LogP contribution in [0.4, 0.5) is 0 Å². The van der Waals surface area contributed by atoms with E-state index in [4.69, 9.17) is 0 Å². The highest BCUT2D eigenvalue weighted by atomic mass is 16.5. The van der Waals surface area contributed by atoms with Gasteiger partial charge in [-0.3, -0.25) is 14.6 Å². The number of unbranched alkanes of at least 4 members (excludes halogenated alkanes) is 1. The van der Waals surface area contributed by atoms with E-state index in [0.717, 1.165) is 12.0 Å². The minimum Gasteiger partial charge on any atom is -0.469 e. The molecule has 0 saturated heterocycles. The average Bonchev–Trinajstić information content (AvgIpc) is 2.45. The molecule has 1 aromatic heterocycles. The van der Waals surface area contributed by atoms with Crippen molar-refractivity contribution in [3.05, 3.63) is 36.2 Å². The average molecular weight is 262 g/mol. The van der Waals surface area contributed by atoms with Crippen molar-refractivity contribution in [1.29, 1.82) is 0 Å². The summed E-state index contributed by atoms with van der Waals surface area (Å²) < 4.78 is 4.52. The highest BCUT2D eigenvalue weighted by Crippen LogP contribution is 1.98. The molecule has 0 spiro atoms. The number of nitrogens with one attached hydrogen (secondary N) is 1. The first-order valence-electron chi connectivity index (χ1n) is 6.15. The lowest BCUT2D eigenvalue weighted by atomic mass is 10.2. The summed E-state index contributed by atoms with van der Waals surface area (Å²) in [6.07, 6.45) is 8.38. The molecule has 0 unspecified atom stereocenters. The molecule has 102 valence electrons. The fourth-order valence-electron chi connectivity index (χ4n) is 1.41. The van der Waals surface area contributed by atoms with E-state index in [-0.39, 0.29) is 11.9 Å². The molecule has 1 N–H and O–H groups in total. The van der Waals surface area contributed by atoms with Crippen LogP contribution >= 0.6 is 0 Å². The van der Waals surface area contributed by atoms with E-state index in [1.165, 1.54) is 13.2 Å². The maximum absolute atomic E-state index is 11.5. The minimum atomic E-state index is -0.220. The zero-order valence-electron chi connectivity index (χ0n) is 11.0. The summed E-state index contributed by atoms with van der Waals surface area (Å²) in [7, 11) is 1.37. The Labute approximate surface area is 112 Å². The van der Waals surface area contributed by atoms with Gasteiger partial charge in [-0.05, 0) is 30.5 Å². The minimum absolute atomic E-state index is 0.151. The third-order valence-electron chi connectivity index (χ3n) is 2.45. The summed E-state index contributed by atoms with van der Waals surface area (Å²) in [6.45, 7) is 0.549. The number of ether oxygens (including phenoxy) is 1. The van der Waals surface area contributed by atoms with Gasteiger partial charge in [0.15, 0.2) is 0 Å². The first kappa shape index (κ1) is 14.9. The predicted octanol–water partition coefficient (Wildman–Crippen LogP) is 1.55. The second kappa shape index (κ2) is 8.85. The summed E-state index contributed by atoms with van der Waals surface area (Å²) in [5.41, 5.74) is 0.878. The number of carbonyl (C=O) groups is 2. The second-order valence-corrected chi connectivity index (χ2v) is 3.94. The normalized spacial score (nSPS) is 10.4. The Balaban J connectivity index is 2.15. The standard InChI is InChI=1S/C14H18N2O3/c1-19-14(18)6-2-3-10-16-13(17)8-7-12-5-4-9-15-11-12/h4-5,7-9,11H,2-3,6,10H2,1H3,(H,16,17). The Hall–Kier alpha value is -2.17. The SMILES string of the molecule is COC(=O)CCCCNC(=O)C=Cc1cccnc1. The quantitative estimate of drug-likeness (QED) is 0.460. The van der Waals surface area contributed by atoms with Gasteiger partial charge in [0.2, 0.25) is 5.91 Å². The van der Waals surface area contributed by atoms with E-state index in [2.05, 4.69) is 15.0 Å². The van der Waals surface area contributed by atoms with Gasteiger partial charge in [0, 0.05) is 31.4 Å². The number of carbonyl (C=O) groups excluding carboxylic acids is 2. The highest BCUT2D eigenvalue weighted by Gasteiger charge is 1.99. The smallest absolute Gasteiger partial charge is 0.305 e. The molecular formula is C14H18N2O3. The molecule has 1 heterocycles. The summed E-state index contributed by atoms with van der Waals surface area (Å²) >= 11 is 0. The third-order valence-corrected chi connectivity index (χ3v) is 2.45. The van der Waals surface area contributed by atoms with Crippen LogP contribution in [-0.2, 0) is 14.3 Å². The Morgan fingerprint density at radius 3 is 2.95 bits per heavy atom. The van der Waals surface area contributed by atoms with Crippen LogP contribution in [0.2, 0.25) is 0 Å². The molecule has 19 heavy (non-hydrogen) atoms. The van der Waals surface area contributed by atoms with Gasteiger partial charge < -0.3 is 10.1 Å². The molecule has 0 atom stereocenters. The van der Waals surface area contributed by atoms with E-state index in [0.29, 0.717) is 19.4 Å². The number of nitrogens with zero attached hydrogens (tertiary/aromatic N) is 1. The molecule has 5 nitrogen and oxygen atoms in total. The van der Waals surface area contributed by atoms with Gasteiger partial charge in [-0.1, -0.05) is 6.07 Å². The maximum atomic E-state index is 11.5. The number of aromatic nitrogens is 1. The van der Waals surface area contributed by atoms with E-state index in [9.17, 15) is 9.59 Å². The van der Waals surface area contributed by atoms with Crippen LogP contribution in [0.1, 0.15) is 24.8 Å². The zero-order valence-corrected chi connectivity index (χ0v) is 11.0. The van der Waals surface area contributed by atoms with Crippen molar-refractivity contribution < 1.29 is 14.3 Å². The summed E-state index contributed by atoms with van der Waals surface area (Å²) in [4.78, 5) is 26.2. The zero-order chi connectivity index (χ0) is 13.9. The highest BCUT2D eigenvalue weighted by molar-refractivity contribution is 5.91. The third kappa shape index (κ3) is 6.98. The van der Waals surface area contributed by atoms with Crippen molar-refractivity contribution in [3.63, 3.8) is 0 Å². The molecule has 5 heteroatoms. The van der Waals surface area contributed by atoms with Crippen molar-refractivity contribution in [1.82, 2.24) is 10.3 Å². The van der Waals surface area contributed by atoms with Crippen molar-refractivity contribution >= 4 is 18.0 Å². The number of rotatable bonds is 7. The van der Waals surface area contributed by atoms with E-state index >= 15 is 0 Å². The second-order valence-electron chi connectivity index (χ2n) is 3.94. The fourth-order valence-corrected chi connectivity index (χ4v) is 1.41. The Bertz CT molecular complexity index is 430. The lowest BCUT2D eigenvalue weighted by molar-refractivity contribution is -0.140. The van der Waals surface area contributed by atoms with Gasteiger partial charge in [0.25, 0.3) is 0 Å². The van der Waals surface area contributed by atoms with Crippen molar-refractivity contribution in [2.75, 3.05) is 13.7 Å². The van der Waals surface area contributed by atoms with Gasteiger partial charge in [0.1, 0.15) is 0 Å². The number of hydrogen-bond donors (Lipinski definition) is 1. The van der Waals surface area contributed by atoms with Gasteiger partial charge in [-0.2, -0.15) is 0 Å². The Morgan fingerprint density at radius 1 is 1.42 bits per heavy atom. The van der Waals surface area contributed by atoms with Crippen LogP contribution < -0.4 is 5.32 Å². The van der Waals surface area contributed by atoms with Crippen LogP contribution in [0.3, 0.4) is 0 Å². The Morgan fingerprint density at radius 2 is 2.26 bits per heavy atom. The van der Waals surface area contributed by atoms with E-state index < -0.39 is 0 Å². The Kier molecular flexibility index (Phi) is 6.94. The van der Waals surface area contributed by atoms with Crippen LogP contribution in [0.25, 0.3) is 6.08 Å². The predicted molar refractivity (Wildman–Crippen MR) is 72.1 cm³/mol. The lowest BCUT2D eigenvalue weighted by Crippen LogP contribution is -2.22. The molecule has 0 aliphatic carbocycles. The molecule has 0 aliphatic heterocycles. The largest absolute Gasteiger partial charge is 0.469 e. The van der Waals surface area contributed by atoms with Crippen LogP contribution in [-0.4, -0.2) is 30.5 Å². The molecule has 0 fully saturated rings. The van der Waals surface area contributed by atoms with Crippen LogP contribution in [0, 0.1) is 0 Å². The van der Waals surface area contributed by atoms with Crippen molar-refractivity contribution in [2.45, 2.75) is 19.3 Å². The summed E-state index contributed by atoms with van der Waals surface area (Å²) in [5.74, 6) is -0.371. The van der Waals surface area contributed by atoms with Crippen LogP contribution in [0.15, 0.2) is 30.6 Å². The molecule has 0 radical (unpaired) electrons. The molecule has 0 saturated carbocycles. The van der Waals surface area contributed by atoms with Crippen LogP contribution in [0.5, 0.6) is 0 Å². The topological polar surface area (TPSA) is 68.3 Å². The van der Waals surface area contributed by atoms with Gasteiger partial charge in [-0.15, -0.1) is 0 Å². The van der Waals surface area contributed by atoms with E-state index in [1.807, 2.05) is 12.1 Å². The van der Waals surface area contributed by atoms with E-state index in [1.54, 1.807) is 18.5 Å². The number of amides is 1. The van der Waals surface area contributed by atoms with Gasteiger partial charge in [0.05, 0.1) is 7.11 Å². The molecule has 1 amide bonds. The number of methoxy groups -OCH3 is 1. The lowest BCUT2D eigenvalue weighted by Gasteiger charge is -2.01. The molecule has 1 aromatic rings. The number of esters is 1. The molecule has 0 bridgehead atoms. The summed E-state index contributed by atoms with van der Waals surface area (Å²) in [5, 5.41) is 2.75. The molecule has 0 aliphatic rings. The van der Waals surface area contributed by atoms with Crippen molar-refractivity contribution in [2.24, 2.45) is 0 Å². The first-order valence-corrected chi connectivity index (χ1v) is 6.15. The fraction of sp³-hybridized carbons (Fsp3) is 0.357. The first-order chi connectivity index (χ1) is 9.22. The molecule has 0 aromatic carbocycles. The monoisotopic (exact) mass is 262 g/mol.